The Morgan fingerprint density at radius 3 is 2.30 bits per heavy atom. The van der Waals surface area contributed by atoms with E-state index in [2.05, 4.69) is 43.1 Å². The number of nitrogens with zero attached hydrogens (tertiary/aromatic N) is 1. The van der Waals surface area contributed by atoms with Gasteiger partial charge < -0.3 is 10.0 Å². The maximum absolute atomic E-state index is 10.1. The van der Waals surface area contributed by atoms with E-state index in [1.165, 1.54) is 11.1 Å². The molecule has 0 saturated carbocycles. The van der Waals surface area contributed by atoms with Crippen LogP contribution in [0.4, 0.5) is 0 Å². The lowest BCUT2D eigenvalue weighted by atomic mass is 10.1. The normalized spacial score (nSPS) is 12.6. The minimum Gasteiger partial charge on any atom is -0.388 e. The number of hydrogen-bond donors (Lipinski definition) is 1. The van der Waals surface area contributed by atoms with Gasteiger partial charge in [0.05, 0.1) is 6.10 Å². The van der Waals surface area contributed by atoms with Crippen molar-refractivity contribution < 1.29 is 5.11 Å². The molecule has 0 amide bonds. The van der Waals surface area contributed by atoms with Crippen LogP contribution < -0.4 is 0 Å². The Balaban J connectivity index is 1.80. The molecule has 1 unspecified atom stereocenters. The predicted octanol–water partition coefficient (Wildman–Crippen LogP) is 3.55. The number of hydrogen-bond acceptors (Lipinski definition) is 2. The fourth-order valence-corrected chi connectivity index (χ4v) is 2.27. The summed E-state index contributed by atoms with van der Waals surface area (Å²) < 4.78 is 0. The molecule has 2 rings (SSSR count). The Labute approximate surface area is 121 Å². The first kappa shape index (κ1) is 14.8. The Kier molecular flexibility index (Phi) is 5.33. The first-order chi connectivity index (χ1) is 9.65. The van der Waals surface area contributed by atoms with Crippen molar-refractivity contribution in [2.75, 3.05) is 13.6 Å². The van der Waals surface area contributed by atoms with Gasteiger partial charge in [0.15, 0.2) is 0 Å². The van der Waals surface area contributed by atoms with Gasteiger partial charge >= 0.3 is 0 Å². The van der Waals surface area contributed by atoms with E-state index in [-0.39, 0.29) is 6.10 Å². The fourth-order valence-electron chi connectivity index (χ4n) is 2.27. The molecule has 1 N–H and O–H groups in total. The van der Waals surface area contributed by atoms with Crippen LogP contribution in [0.3, 0.4) is 0 Å². The van der Waals surface area contributed by atoms with Gasteiger partial charge in [0.25, 0.3) is 0 Å². The zero-order chi connectivity index (χ0) is 14.4. The molecule has 0 aromatic heterocycles. The Morgan fingerprint density at radius 2 is 1.65 bits per heavy atom. The van der Waals surface area contributed by atoms with Crippen LogP contribution in [-0.2, 0) is 6.54 Å². The van der Waals surface area contributed by atoms with Crippen LogP contribution >= 0.6 is 0 Å². The van der Waals surface area contributed by atoms with Crippen molar-refractivity contribution in [1.82, 2.24) is 4.90 Å². The average molecular weight is 269 g/mol. The molecule has 106 valence electrons. The fraction of sp³-hybridized carbons (Fsp3) is 0.333. The second kappa shape index (κ2) is 7.22. The van der Waals surface area contributed by atoms with Gasteiger partial charge in [-0.2, -0.15) is 0 Å². The molecular weight excluding hydrogens is 246 g/mol. The maximum atomic E-state index is 10.1. The number of aliphatic hydroxyl groups excluding tert-OH is 1. The first-order valence-corrected chi connectivity index (χ1v) is 7.12. The highest BCUT2D eigenvalue weighted by molar-refractivity contribution is 5.21. The highest BCUT2D eigenvalue weighted by Gasteiger charge is 2.08. The van der Waals surface area contributed by atoms with Gasteiger partial charge in [-0.3, -0.25) is 0 Å². The standard InChI is InChI=1S/C18H23NO/c1-15-8-10-16(11-9-15)14-19(2)13-12-18(20)17-6-4-3-5-7-17/h3-11,18,20H,12-14H2,1-2H3. The van der Waals surface area contributed by atoms with E-state index >= 15 is 0 Å². The summed E-state index contributed by atoms with van der Waals surface area (Å²) in [7, 11) is 2.09. The highest BCUT2D eigenvalue weighted by atomic mass is 16.3. The quantitative estimate of drug-likeness (QED) is 0.867. The first-order valence-electron chi connectivity index (χ1n) is 7.12. The third-order valence-corrected chi connectivity index (χ3v) is 3.54. The molecule has 0 aliphatic heterocycles. The summed E-state index contributed by atoms with van der Waals surface area (Å²) in [5.41, 5.74) is 3.60. The van der Waals surface area contributed by atoms with Gasteiger partial charge in [-0.05, 0) is 31.5 Å². The number of aliphatic hydroxyl groups is 1. The molecule has 2 nitrogen and oxygen atoms in total. The second-order valence-electron chi connectivity index (χ2n) is 5.44. The van der Waals surface area contributed by atoms with E-state index in [4.69, 9.17) is 0 Å². The van der Waals surface area contributed by atoms with Crippen LogP contribution in [0.2, 0.25) is 0 Å². The van der Waals surface area contributed by atoms with E-state index in [1.54, 1.807) is 0 Å². The van der Waals surface area contributed by atoms with Crippen molar-refractivity contribution in [2.24, 2.45) is 0 Å². The molecule has 0 bridgehead atoms. The zero-order valence-electron chi connectivity index (χ0n) is 12.3. The van der Waals surface area contributed by atoms with Gasteiger partial charge in [0.1, 0.15) is 0 Å². The molecule has 1 atom stereocenters. The Bertz CT molecular complexity index is 507. The molecule has 0 fully saturated rings. The largest absolute Gasteiger partial charge is 0.388 e. The molecule has 0 heterocycles. The van der Waals surface area contributed by atoms with Gasteiger partial charge in [-0.1, -0.05) is 60.2 Å². The summed E-state index contributed by atoms with van der Waals surface area (Å²) in [6, 6.07) is 18.5. The van der Waals surface area contributed by atoms with Crippen molar-refractivity contribution >= 4 is 0 Å². The Hall–Kier alpha value is -1.64. The van der Waals surface area contributed by atoms with E-state index < -0.39 is 0 Å². The summed E-state index contributed by atoms with van der Waals surface area (Å²) in [6.45, 7) is 3.90. The van der Waals surface area contributed by atoms with Crippen LogP contribution in [0, 0.1) is 6.92 Å². The lowest BCUT2D eigenvalue weighted by Crippen LogP contribution is -2.20. The summed E-state index contributed by atoms with van der Waals surface area (Å²) in [5.74, 6) is 0. The lowest BCUT2D eigenvalue weighted by Gasteiger charge is -2.19. The summed E-state index contributed by atoms with van der Waals surface area (Å²) >= 11 is 0. The maximum Gasteiger partial charge on any atom is 0.0802 e. The van der Waals surface area contributed by atoms with Gasteiger partial charge in [-0.15, -0.1) is 0 Å². The number of aryl methyl sites for hydroxylation is 1. The summed E-state index contributed by atoms with van der Waals surface area (Å²) in [5, 5.41) is 10.1. The van der Waals surface area contributed by atoms with Gasteiger partial charge in [0, 0.05) is 13.1 Å². The topological polar surface area (TPSA) is 23.5 Å². The average Bonchev–Trinajstić information content (AvgIpc) is 2.48. The molecule has 2 aromatic carbocycles. The van der Waals surface area contributed by atoms with Crippen molar-refractivity contribution in [3.63, 3.8) is 0 Å². The van der Waals surface area contributed by atoms with Crippen LogP contribution in [0.15, 0.2) is 54.6 Å². The summed E-state index contributed by atoms with van der Waals surface area (Å²) in [6.07, 6.45) is 0.378. The molecule has 2 aromatic rings. The van der Waals surface area contributed by atoms with Crippen molar-refractivity contribution in [3.05, 3.63) is 71.3 Å². The minimum atomic E-state index is -0.378. The van der Waals surface area contributed by atoms with Crippen molar-refractivity contribution in [2.45, 2.75) is 26.0 Å². The van der Waals surface area contributed by atoms with Crippen molar-refractivity contribution in [1.29, 1.82) is 0 Å². The molecule has 0 spiro atoms. The predicted molar refractivity (Wildman–Crippen MR) is 83.5 cm³/mol. The minimum absolute atomic E-state index is 0.378. The lowest BCUT2D eigenvalue weighted by molar-refractivity contribution is 0.147. The van der Waals surface area contributed by atoms with E-state index in [0.717, 1.165) is 25.1 Å². The Morgan fingerprint density at radius 1 is 1.00 bits per heavy atom. The molecule has 2 heteroatoms. The smallest absolute Gasteiger partial charge is 0.0802 e. The highest BCUT2D eigenvalue weighted by Crippen LogP contribution is 2.16. The van der Waals surface area contributed by atoms with Gasteiger partial charge in [0.2, 0.25) is 0 Å². The molecule has 0 saturated heterocycles. The van der Waals surface area contributed by atoms with Crippen molar-refractivity contribution in [3.8, 4) is 0 Å². The molecule has 20 heavy (non-hydrogen) atoms. The van der Waals surface area contributed by atoms with E-state index in [1.807, 2.05) is 30.3 Å². The van der Waals surface area contributed by atoms with E-state index in [0.29, 0.717) is 0 Å². The molecule has 0 aliphatic carbocycles. The molecular formula is C18H23NO. The molecule has 0 aliphatic rings. The third-order valence-electron chi connectivity index (χ3n) is 3.54. The SMILES string of the molecule is Cc1ccc(CN(C)CCC(O)c2ccccc2)cc1. The van der Waals surface area contributed by atoms with Crippen LogP contribution in [0.5, 0.6) is 0 Å². The third kappa shape index (κ3) is 4.48. The van der Waals surface area contributed by atoms with Crippen LogP contribution in [0.1, 0.15) is 29.2 Å². The van der Waals surface area contributed by atoms with Crippen LogP contribution in [-0.4, -0.2) is 23.6 Å². The second-order valence-corrected chi connectivity index (χ2v) is 5.44. The molecule has 0 radical (unpaired) electrons. The zero-order valence-corrected chi connectivity index (χ0v) is 12.3. The summed E-state index contributed by atoms with van der Waals surface area (Å²) in [4.78, 5) is 2.25. The van der Waals surface area contributed by atoms with Crippen LogP contribution in [0.25, 0.3) is 0 Å². The number of benzene rings is 2. The van der Waals surface area contributed by atoms with Gasteiger partial charge in [-0.25, -0.2) is 0 Å². The number of rotatable bonds is 6. The van der Waals surface area contributed by atoms with E-state index in [9.17, 15) is 5.11 Å². The monoisotopic (exact) mass is 269 g/mol.